The smallest absolute Gasteiger partial charge is 0.322 e. The number of hydrogen-bond donors (Lipinski definition) is 2. The van der Waals surface area contributed by atoms with Crippen LogP contribution in [0.4, 0.5) is 19.3 Å². The lowest BCUT2D eigenvalue weighted by molar-refractivity contribution is -0.0136. The first kappa shape index (κ1) is 17.5. The van der Waals surface area contributed by atoms with Crippen LogP contribution in [0.1, 0.15) is 17.2 Å². The van der Waals surface area contributed by atoms with E-state index in [-0.39, 0.29) is 12.6 Å². The Balaban J connectivity index is 1.47. The van der Waals surface area contributed by atoms with Crippen molar-refractivity contribution in [3.63, 3.8) is 0 Å². The van der Waals surface area contributed by atoms with Crippen molar-refractivity contribution >= 4 is 22.6 Å². The summed E-state index contributed by atoms with van der Waals surface area (Å²) in [6.45, 7) is 3.02. The minimum absolute atomic E-state index is 0.251. The van der Waals surface area contributed by atoms with Crippen LogP contribution in [-0.2, 0) is 4.74 Å². The number of carbonyl (C=O) groups excluding carboxylic acids is 1. The Hall–Kier alpha value is -2.93. The van der Waals surface area contributed by atoms with Crippen molar-refractivity contribution in [2.45, 2.75) is 13.0 Å². The SMILES string of the molecule is Cc1c[nH]c2ccc(NC(=O)N3CCOC(c4ccc(F)c(F)c4)C3)cc12. The van der Waals surface area contributed by atoms with Gasteiger partial charge in [0, 0.05) is 29.3 Å². The van der Waals surface area contributed by atoms with Gasteiger partial charge in [0.1, 0.15) is 6.10 Å². The van der Waals surface area contributed by atoms with Gasteiger partial charge >= 0.3 is 6.03 Å². The van der Waals surface area contributed by atoms with E-state index in [9.17, 15) is 13.6 Å². The first-order chi connectivity index (χ1) is 13.0. The zero-order chi connectivity index (χ0) is 19.0. The summed E-state index contributed by atoms with van der Waals surface area (Å²) in [7, 11) is 0. The summed E-state index contributed by atoms with van der Waals surface area (Å²) in [6, 6.07) is 9.09. The summed E-state index contributed by atoms with van der Waals surface area (Å²) >= 11 is 0. The minimum atomic E-state index is -0.923. The molecule has 0 aliphatic carbocycles. The van der Waals surface area contributed by atoms with E-state index in [2.05, 4.69) is 10.3 Å². The standard InChI is InChI=1S/C20H19F2N3O2/c1-12-10-23-18-5-3-14(9-15(12)18)24-20(26)25-6-7-27-19(11-25)13-2-4-16(21)17(22)8-13/h2-5,8-10,19,23H,6-7,11H2,1H3,(H,24,26). The summed E-state index contributed by atoms with van der Waals surface area (Å²) in [5, 5.41) is 3.95. The molecule has 2 aromatic carbocycles. The third kappa shape index (κ3) is 3.50. The fourth-order valence-electron chi connectivity index (χ4n) is 3.29. The lowest BCUT2D eigenvalue weighted by atomic mass is 10.1. The fourth-order valence-corrected chi connectivity index (χ4v) is 3.29. The van der Waals surface area contributed by atoms with Crippen molar-refractivity contribution in [2.24, 2.45) is 0 Å². The topological polar surface area (TPSA) is 57.4 Å². The second-order valence-electron chi connectivity index (χ2n) is 6.64. The van der Waals surface area contributed by atoms with Gasteiger partial charge in [-0.3, -0.25) is 0 Å². The number of aryl methyl sites for hydroxylation is 1. The van der Waals surface area contributed by atoms with Gasteiger partial charge < -0.3 is 19.9 Å². The number of nitrogens with one attached hydrogen (secondary N) is 2. The van der Waals surface area contributed by atoms with E-state index < -0.39 is 17.7 Å². The van der Waals surface area contributed by atoms with E-state index in [0.29, 0.717) is 24.4 Å². The molecule has 2 amide bonds. The first-order valence-electron chi connectivity index (χ1n) is 8.71. The molecule has 0 spiro atoms. The van der Waals surface area contributed by atoms with E-state index in [0.717, 1.165) is 28.6 Å². The summed E-state index contributed by atoms with van der Waals surface area (Å²) in [6.07, 6.45) is 1.43. The molecule has 1 fully saturated rings. The molecule has 1 aliphatic heterocycles. The number of fused-ring (bicyclic) bond motifs is 1. The number of ether oxygens (including phenoxy) is 1. The monoisotopic (exact) mass is 371 g/mol. The van der Waals surface area contributed by atoms with E-state index in [4.69, 9.17) is 4.74 Å². The predicted molar refractivity (Wildman–Crippen MR) is 98.7 cm³/mol. The van der Waals surface area contributed by atoms with E-state index in [1.165, 1.54) is 6.07 Å². The van der Waals surface area contributed by atoms with Crippen LogP contribution < -0.4 is 5.32 Å². The molecule has 1 atom stereocenters. The van der Waals surface area contributed by atoms with E-state index >= 15 is 0 Å². The maximum absolute atomic E-state index is 13.5. The van der Waals surface area contributed by atoms with E-state index in [1.807, 2.05) is 31.3 Å². The number of anilines is 1. The molecule has 1 saturated heterocycles. The Labute approximate surface area is 154 Å². The molecule has 2 N–H and O–H groups in total. The quantitative estimate of drug-likeness (QED) is 0.703. The number of benzene rings is 2. The number of rotatable bonds is 2. The Kier molecular flexibility index (Phi) is 4.53. The second kappa shape index (κ2) is 7.00. The van der Waals surface area contributed by atoms with Gasteiger partial charge in [0.05, 0.1) is 13.2 Å². The zero-order valence-corrected chi connectivity index (χ0v) is 14.8. The van der Waals surface area contributed by atoms with Gasteiger partial charge in [0.2, 0.25) is 0 Å². The maximum atomic E-state index is 13.5. The van der Waals surface area contributed by atoms with Crippen LogP contribution in [0.15, 0.2) is 42.6 Å². The molecule has 1 aliphatic rings. The Morgan fingerprint density at radius 2 is 2.07 bits per heavy atom. The van der Waals surface area contributed by atoms with Gasteiger partial charge in [-0.15, -0.1) is 0 Å². The number of H-pyrrole nitrogens is 1. The molecule has 1 unspecified atom stereocenters. The Bertz CT molecular complexity index is 1000. The highest BCUT2D eigenvalue weighted by Gasteiger charge is 2.26. The normalized spacial score (nSPS) is 17.3. The number of aromatic amines is 1. The molecular weight excluding hydrogens is 352 g/mol. The van der Waals surface area contributed by atoms with Gasteiger partial charge in [0.25, 0.3) is 0 Å². The van der Waals surface area contributed by atoms with Crippen LogP contribution in [0.3, 0.4) is 0 Å². The molecule has 140 valence electrons. The van der Waals surface area contributed by atoms with Crippen molar-refractivity contribution in [2.75, 3.05) is 25.0 Å². The first-order valence-corrected chi connectivity index (χ1v) is 8.71. The van der Waals surface area contributed by atoms with E-state index in [1.54, 1.807) is 4.90 Å². The highest BCUT2D eigenvalue weighted by molar-refractivity contribution is 5.93. The van der Waals surface area contributed by atoms with Gasteiger partial charge in [-0.1, -0.05) is 6.07 Å². The number of urea groups is 1. The summed E-state index contributed by atoms with van der Waals surface area (Å²) in [5.74, 6) is -1.83. The van der Waals surface area contributed by atoms with Crippen molar-refractivity contribution in [3.05, 3.63) is 65.4 Å². The molecule has 0 saturated carbocycles. The molecule has 2 heterocycles. The minimum Gasteiger partial charge on any atom is -0.370 e. The molecule has 4 rings (SSSR count). The van der Waals surface area contributed by atoms with Gasteiger partial charge in [-0.2, -0.15) is 0 Å². The number of morpholine rings is 1. The molecule has 0 bridgehead atoms. The Morgan fingerprint density at radius 1 is 1.22 bits per heavy atom. The van der Waals surface area contributed by atoms with Crippen LogP contribution >= 0.6 is 0 Å². The number of halogens is 2. The third-order valence-corrected chi connectivity index (χ3v) is 4.81. The molecule has 7 heteroatoms. The van der Waals surface area contributed by atoms with Gasteiger partial charge in [-0.25, -0.2) is 13.6 Å². The fraction of sp³-hybridized carbons (Fsp3) is 0.250. The number of nitrogens with zero attached hydrogens (tertiary/aromatic N) is 1. The van der Waals surface area contributed by atoms with Crippen LogP contribution in [0.5, 0.6) is 0 Å². The molecule has 0 radical (unpaired) electrons. The number of hydrogen-bond acceptors (Lipinski definition) is 2. The molecule has 3 aromatic rings. The van der Waals surface area contributed by atoms with Crippen molar-refractivity contribution in [1.82, 2.24) is 9.88 Å². The van der Waals surface area contributed by atoms with Crippen LogP contribution in [-0.4, -0.2) is 35.6 Å². The second-order valence-corrected chi connectivity index (χ2v) is 6.64. The van der Waals surface area contributed by atoms with Gasteiger partial charge in [-0.05, 0) is 48.4 Å². The van der Waals surface area contributed by atoms with Crippen LogP contribution in [0.25, 0.3) is 10.9 Å². The maximum Gasteiger partial charge on any atom is 0.322 e. The Morgan fingerprint density at radius 3 is 2.89 bits per heavy atom. The van der Waals surface area contributed by atoms with Crippen LogP contribution in [0.2, 0.25) is 0 Å². The number of aromatic nitrogens is 1. The largest absolute Gasteiger partial charge is 0.370 e. The molecule has 1 aromatic heterocycles. The third-order valence-electron chi connectivity index (χ3n) is 4.81. The van der Waals surface area contributed by atoms with Gasteiger partial charge in [0.15, 0.2) is 11.6 Å². The summed E-state index contributed by atoms with van der Waals surface area (Å²) < 4.78 is 32.3. The lowest BCUT2D eigenvalue weighted by Gasteiger charge is -2.33. The molecule has 27 heavy (non-hydrogen) atoms. The lowest BCUT2D eigenvalue weighted by Crippen LogP contribution is -2.44. The molecule has 5 nitrogen and oxygen atoms in total. The average Bonchev–Trinajstić information content (AvgIpc) is 3.04. The highest BCUT2D eigenvalue weighted by atomic mass is 19.2. The van der Waals surface area contributed by atoms with Crippen molar-refractivity contribution in [1.29, 1.82) is 0 Å². The summed E-state index contributed by atoms with van der Waals surface area (Å²) in [5.41, 5.74) is 3.32. The average molecular weight is 371 g/mol. The van der Waals surface area contributed by atoms with Crippen molar-refractivity contribution in [3.8, 4) is 0 Å². The summed E-state index contributed by atoms with van der Waals surface area (Å²) in [4.78, 5) is 17.4. The number of carbonyl (C=O) groups is 1. The molecular formula is C20H19F2N3O2. The number of amides is 2. The van der Waals surface area contributed by atoms with Crippen LogP contribution in [0, 0.1) is 18.6 Å². The highest BCUT2D eigenvalue weighted by Crippen LogP contribution is 2.25. The van der Waals surface area contributed by atoms with Crippen molar-refractivity contribution < 1.29 is 18.3 Å². The zero-order valence-electron chi connectivity index (χ0n) is 14.8. The predicted octanol–water partition coefficient (Wildman–Crippen LogP) is 4.36.